The van der Waals surface area contributed by atoms with Crippen LogP contribution in [0.4, 0.5) is 13.2 Å². The van der Waals surface area contributed by atoms with Gasteiger partial charge in [0.15, 0.2) is 5.69 Å². The molecule has 5 nitrogen and oxygen atoms in total. The Balaban J connectivity index is 2.06. The molecule has 0 unspecified atom stereocenters. The van der Waals surface area contributed by atoms with E-state index in [0.29, 0.717) is 12.3 Å². The molecule has 0 aromatic carbocycles. The molecule has 0 atom stereocenters. The molecule has 102 valence electrons. The second kappa shape index (κ2) is 5.55. The minimum atomic E-state index is -4.49. The molecule has 9 heteroatoms. The van der Waals surface area contributed by atoms with E-state index in [-0.39, 0.29) is 10.2 Å². The molecule has 0 spiro atoms. The molecule has 0 fully saturated rings. The fourth-order valence-corrected chi connectivity index (χ4v) is 1.83. The largest absolute Gasteiger partial charge is 0.435 e. The van der Waals surface area contributed by atoms with Crippen LogP contribution in [0.15, 0.2) is 26.8 Å². The molecule has 0 bridgehead atoms. The molecule has 2 aromatic heterocycles. The van der Waals surface area contributed by atoms with Crippen molar-refractivity contribution in [1.29, 1.82) is 0 Å². The van der Waals surface area contributed by atoms with Crippen LogP contribution in [0.5, 0.6) is 0 Å². The Morgan fingerprint density at radius 1 is 1.16 bits per heavy atom. The molecule has 0 saturated heterocycles. The van der Waals surface area contributed by atoms with Gasteiger partial charge in [-0.3, -0.25) is 0 Å². The van der Waals surface area contributed by atoms with E-state index in [9.17, 15) is 13.2 Å². The molecular weight excluding hydrogens is 281 g/mol. The van der Waals surface area contributed by atoms with Crippen molar-refractivity contribution in [2.45, 2.75) is 36.2 Å². The number of aryl methyl sites for hydroxylation is 1. The number of nitrogens with zero attached hydrogens (tertiary/aromatic N) is 4. The second-order valence-electron chi connectivity index (χ2n) is 3.57. The third kappa shape index (κ3) is 3.66. The molecule has 2 heterocycles. The first-order valence-corrected chi connectivity index (χ1v) is 6.22. The summed E-state index contributed by atoms with van der Waals surface area (Å²) in [6, 6.07) is 2.07. The van der Waals surface area contributed by atoms with Gasteiger partial charge in [0.25, 0.3) is 5.22 Å². The highest BCUT2D eigenvalue weighted by Gasteiger charge is 2.32. The molecule has 0 N–H and O–H groups in total. The lowest BCUT2D eigenvalue weighted by Gasteiger charge is -2.03. The van der Waals surface area contributed by atoms with E-state index >= 15 is 0 Å². The summed E-state index contributed by atoms with van der Waals surface area (Å²) in [6.07, 6.45) is -2.96. The van der Waals surface area contributed by atoms with Gasteiger partial charge in [0.1, 0.15) is 5.03 Å². The Labute approximate surface area is 110 Å². The standard InChI is InChI=1S/C10H9F3N4OS/c1-2-3-7-15-17-9(18-7)19-8-5-4-6(14-16-8)10(11,12)13/h4-5H,2-3H2,1H3. The lowest BCUT2D eigenvalue weighted by Crippen LogP contribution is -2.08. The molecule has 0 aliphatic carbocycles. The Bertz CT molecular complexity index is 540. The SMILES string of the molecule is CCCc1nnc(Sc2ccc(C(F)(F)F)nn2)o1. The van der Waals surface area contributed by atoms with Gasteiger partial charge in [-0.1, -0.05) is 6.92 Å². The fourth-order valence-electron chi connectivity index (χ4n) is 1.21. The Morgan fingerprint density at radius 2 is 1.95 bits per heavy atom. The van der Waals surface area contributed by atoms with Crippen molar-refractivity contribution < 1.29 is 17.6 Å². The van der Waals surface area contributed by atoms with Crippen LogP contribution in [0.3, 0.4) is 0 Å². The maximum atomic E-state index is 12.3. The van der Waals surface area contributed by atoms with Gasteiger partial charge in [0.2, 0.25) is 5.89 Å². The van der Waals surface area contributed by atoms with Gasteiger partial charge in [0.05, 0.1) is 0 Å². The van der Waals surface area contributed by atoms with E-state index in [2.05, 4.69) is 20.4 Å². The number of hydrogen-bond donors (Lipinski definition) is 0. The van der Waals surface area contributed by atoms with Gasteiger partial charge in [-0.2, -0.15) is 13.2 Å². The number of aromatic nitrogens is 4. The topological polar surface area (TPSA) is 64.7 Å². The van der Waals surface area contributed by atoms with Gasteiger partial charge in [-0.25, -0.2) is 0 Å². The number of rotatable bonds is 4. The monoisotopic (exact) mass is 290 g/mol. The predicted molar refractivity (Wildman–Crippen MR) is 59.5 cm³/mol. The average Bonchev–Trinajstić information content (AvgIpc) is 2.77. The lowest BCUT2D eigenvalue weighted by atomic mass is 10.3. The normalized spacial score (nSPS) is 11.8. The van der Waals surface area contributed by atoms with Gasteiger partial charge in [-0.15, -0.1) is 20.4 Å². The van der Waals surface area contributed by atoms with E-state index in [0.717, 1.165) is 24.2 Å². The summed E-state index contributed by atoms with van der Waals surface area (Å²) in [5.74, 6) is 0.491. The van der Waals surface area contributed by atoms with Gasteiger partial charge >= 0.3 is 6.18 Å². The molecule has 2 rings (SSSR count). The van der Waals surface area contributed by atoms with Crippen molar-refractivity contribution in [2.75, 3.05) is 0 Å². The van der Waals surface area contributed by atoms with Crippen LogP contribution >= 0.6 is 11.8 Å². The second-order valence-corrected chi connectivity index (χ2v) is 4.54. The maximum absolute atomic E-state index is 12.3. The smallest absolute Gasteiger partial charge is 0.416 e. The maximum Gasteiger partial charge on any atom is 0.435 e. The van der Waals surface area contributed by atoms with Crippen LogP contribution < -0.4 is 0 Å². The Kier molecular flexibility index (Phi) is 4.03. The van der Waals surface area contributed by atoms with Gasteiger partial charge in [-0.05, 0) is 30.3 Å². The van der Waals surface area contributed by atoms with Gasteiger partial charge in [0, 0.05) is 6.42 Å². The predicted octanol–water partition coefficient (Wildman–Crippen LogP) is 2.98. The van der Waals surface area contributed by atoms with Crippen LogP contribution in [0.25, 0.3) is 0 Å². The van der Waals surface area contributed by atoms with Crippen molar-refractivity contribution in [1.82, 2.24) is 20.4 Å². The van der Waals surface area contributed by atoms with Crippen LogP contribution in [0.1, 0.15) is 24.9 Å². The van der Waals surface area contributed by atoms with Gasteiger partial charge < -0.3 is 4.42 Å². The van der Waals surface area contributed by atoms with Crippen molar-refractivity contribution in [3.05, 3.63) is 23.7 Å². The summed E-state index contributed by atoms with van der Waals surface area (Å²) in [7, 11) is 0. The van der Waals surface area contributed by atoms with Crippen LogP contribution in [-0.4, -0.2) is 20.4 Å². The lowest BCUT2D eigenvalue weighted by molar-refractivity contribution is -0.141. The third-order valence-corrected chi connectivity index (χ3v) is 2.80. The van der Waals surface area contributed by atoms with E-state index < -0.39 is 11.9 Å². The van der Waals surface area contributed by atoms with Crippen molar-refractivity contribution in [2.24, 2.45) is 0 Å². The first-order chi connectivity index (χ1) is 8.99. The zero-order chi connectivity index (χ0) is 13.9. The molecule has 19 heavy (non-hydrogen) atoms. The van der Waals surface area contributed by atoms with Crippen molar-refractivity contribution >= 4 is 11.8 Å². The van der Waals surface area contributed by atoms with Crippen molar-refractivity contribution in [3.63, 3.8) is 0 Å². The zero-order valence-corrected chi connectivity index (χ0v) is 10.6. The molecule has 0 aliphatic rings. The minimum Gasteiger partial charge on any atom is -0.416 e. The van der Waals surface area contributed by atoms with E-state index in [1.54, 1.807) is 0 Å². The number of halogens is 3. The highest BCUT2D eigenvalue weighted by molar-refractivity contribution is 7.99. The van der Waals surface area contributed by atoms with Crippen LogP contribution in [0, 0.1) is 0 Å². The third-order valence-electron chi connectivity index (χ3n) is 2.03. The van der Waals surface area contributed by atoms with Crippen LogP contribution in [-0.2, 0) is 12.6 Å². The Morgan fingerprint density at radius 3 is 2.53 bits per heavy atom. The average molecular weight is 290 g/mol. The quantitative estimate of drug-likeness (QED) is 0.862. The molecule has 0 saturated carbocycles. The highest BCUT2D eigenvalue weighted by Crippen LogP contribution is 2.29. The van der Waals surface area contributed by atoms with E-state index in [1.165, 1.54) is 6.07 Å². The van der Waals surface area contributed by atoms with Crippen LogP contribution in [0.2, 0.25) is 0 Å². The summed E-state index contributed by atoms with van der Waals surface area (Å²) in [6.45, 7) is 1.97. The molecule has 0 radical (unpaired) electrons. The summed E-state index contributed by atoms with van der Waals surface area (Å²) >= 11 is 0.972. The summed E-state index contributed by atoms with van der Waals surface area (Å²) < 4.78 is 42.1. The summed E-state index contributed by atoms with van der Waals surface area (Å²) in [4.78, 5) is 0. The molecular formula is C10H9F3N4OS. The summed E-state index contributed by atoms with van der Waals surface area (Å²) in [5, 5.41) is 14.6. The first kappa shape index (κ1) is 13.8. The number of alkyl halides is 3. The fraction of sp³-hybridized carbons (Fsp3) is 0.400. The van der Waals surface area contributed by atoms with E-state index in [1.807, 2.05) is 6.92 Å². The molecule has 2 aromatic rings. The molecule has 0 amide bonds. The van der Waals surface area contributed by atoms with Crippen molar-refractivity contribution in [3.8, 4) is 0 Å². The first-order valence-electron chi connectivity index (χ1n) is 5.40. The Hall–Kier alpha value is -1.64. The minimum absolute atomic E-state index is 0.234. The number of hydrogen-bond acceptors (Lipinski definition) is 6. The zero-order valence-electron chi connectivity index (χ0n) is 9.81. The molecule has 0 aliphatic heterocycles. The highest BCUT2D eigenvalue weighted by atomic mass is 32.2. The summed E-state index contributed by atoms with van der Waals surface area (Å²) in [5.41, 5.74) is -1.03. The van der Waals surface area contributed by atoms with E-state index in [4.69, 9.17) is 4.42 Å².